The molecule has 0 aliphatic rings. The Hall–Kier alpha value is -2.47. The minimum atomic E-state index is -0.747. The molecule has 0 spiro atoms. The molecule has 0 unspecified atom stereocenters. The van der Waals surface area contributed by atoms with Crippen molar-refractivity contribution in [2.45, 2.75) is 19.6 Å². The quantitative estimate of drug-likeness (QED) is 0.677. The van der Waals surface area contributed by atoms with Crippen molar-refractivity contribution >= 4 is 5.69 Å². The Bertz CT molecular complexity index is 641. The number of hydrogen-bond acceptors (Lipinski definition) is 4. The zero-order valence-corrected chi connectivity index (χ0v) is 11.3. The van der Waals surface area contributed by atoms with Crippen LogP contribution in [0.3, 0.4) is 0 Å². The van der Waals surface area contributed by atoms with Gasteiger partial charge in [0.25, 0.3) is 5.69 Å². The molecule has 0 saturated carbocycles. The third-order valence-electron chi connectivity index (χ3n) is 2.98. The average molecular weight is 291 g/mol. The molecule has 0 aliphatic carbocycles. The molecule has 0 saturated heterocycles. The maximum atomic E-state index is 13.8. The second kappa shape index (κ2) is 6.32. The SMILES string of the molecule is C[C@@H](O)c1ccc(OCc2ccc([N+](=O)[O-])cc2)c(F)c1. The van der Waals surface area contributed by atoms with Crippen molar-refractivity contribution in [3.8, 4) is 5.75 Å². The largest absolute Gasteiger partial charge is 0.486 e. The van der Waals surface area contributed by atoms with Gasteiger partial charge in [0.1, 0.15) is 6.61 Å². The van der Waals surface area contributed by atoms with Gasteiger partial charge in [-0.25, -0.2) is 4.39 Å². The Labute approximate surface area is 120 Å². The van der Waals surface area contributed by atoms with Gasteiger partial charge >= 0.3 is 0 Å². The van der Waals surface area contributed by atoms with Crippen LogP contribution in [0.4, 0.5) is 10.1 Å². The van der Waals surface area contributed by atoms with Crippen molar-refractivity contribution < 1.29 is 19.2 Å². The van der Waals surface area contributed by atoms with Gasteiger partial charge in [0.15, 0.2) is 11.6 Å². The molecule has 0 aliphatic heterocycles. The Balaban J connectivity index is 2.04. The first kappa shape index (κ1) is 14.9. The van der Waals surface area contributed by atoms with Crippen LogP contribution in [-0.2, 0) is 6.61 Å². The molecule has 21 heavy (non-hydrogen) atoms. The number of halogens is 1. The van der Waals surface area contributed by atoms with Crippen LogP contribution >= 0.6 is 0 Å². The maximum Gasteiger partial charge on any atom is 0.269 e. The molecule has 2 aromatic rings. The first-order valence-corrected chi connectivity index (χ1v) is 6.31. The highest BCUT2D eigenvalue weighted by atomic mass is 19.1. The predicted molar refractivity (Wildman–Crippen MR) is 74.5 cm³/mol. The molecule has 1 N–H and O–H groups in total. The number of nitro benzene ring substituents is 1. The fraction of sp³-hybridized carbons (Fsp3) is 0.200. The number of aliphatic hydroxyl groups excluding tert-OH is 1. The van der Waals surface area contributed by atoms with Crippen LogP contribution < -0.4 is 4.74 Å². The van der Waals surface area contributed by atoms with Gasteiger partial charge in [-0.15, -0.1) is 0 Å². The molecular formula is C15H14FNO4. The van der Waals surface area contributed by atoms with Gasteiger partial charge < -0.3 is 9.84 Å². The average Bonchev–Trinajstić information content (AvgIpc) is 2.46. The number of ether oxygens (including phenoxy) is 1. The lowest BCUT2D eigenvalue weighted by molar-refractivity contribution is -0.384. The second-order valence-electron chi connectivity index (χ2n) is 4.58. The Morgan fingerprint density at radius 2 is 1.95 bits per heavy atom. The van der Waals surface area contributed by atoms with Crippen molar-refractivity contribution in [2.75, 3.05) is 0 Å². The third kappa shape index (κ3) is 3.76. The standard InChI is InChI=1S/C15H14FNO4/c1-10(18)12-4-7-15(14(16)8-12)21-9-11-2-5-13(6-3-11)17(19)20/h2-8,10,18H,9H2,1H3/t10-/m1/s1. The number of benzene rings is 2. The van der Waals surface area contributed by atoms with Gasteiger partial charge in [-0.1, -0.05) is 6.07 Å². The van der Waals surface area contributed by atoms with E-state index in [1.165, 1.54) is 24.3 Å². The van der Waals surface area contributed by atoms with E-state index in [0.717, 1.165) is 0 Å². The van der Waals surface area contributed by atoms with Gasteiger partial charge in [0.05, 0.1) is 11.0 Å². The Morgan fingerprint density at radius 1 is 1.29 bits per heavy atom. The minimum Gasteiger partial charge on any atom is -0.486 e. The van der Waals surface area contributed by atoms with Crippen LogP contribution in [0.5, 0.6) is 5.75 Å². The highest BCUT2D eigenvalue weighted by molar-refractivity contribution is 5.34. The summed E-state index contributed by atoms with van der Waals surface area (Å²) >= 11 is 0. The normalized spacial score (nSPS) is 12.0. The van der Waals surface area contributed by atoms with Crippen molar-refractivity contribution in [3.05, 3.63) is 69.5 Å². The minimum absolute atomic E-state index is 0.00813. The smallest absolute Gasteiger partial charge is 0.269 e. The van der Waals surface area contributed by atoms with E-state index in [1.54, 1.807) is 25.1 Å². The fourth-order valence-electron chi connectivity index (χ4n) is 1.77. The van der Waals surface area contributed by atoms with Gasteiger partial charge in [-0.2, -0.15) is 0 Å². The summed E-state index contributed by atoms with van der Waals surface area (Å²) in [5.41, 5.74) is 1.15. The van der Waals surface area contributed by atoms with Gasteiger partial charge in [0, 0.05) is 12.1 Å². The van der Waals surface area contributed by atoms with Gasteiger partial charge in [-0.3, -0.25) is 10.1 Å². The molecule has 0 bridgehead atoms. The number of hydrogen-bond donors (Lipinski definition) is 1. The number of aliphatic hydroxyl groups is 1. The van der Waals surface area contributed by atoms with Crippen molar-refractivity contribution in [2.24, 2.45) is 0 Å². The molecule has 0 fully saturated rings. The van der Waals surface area contributed by atoms with Crippen molar-refractivity contribution in [3.63, 3.8) is 0 Å². The summed E-state index contributed by atoms with van der Waals surface area (Å²) in [5, 5.41) is 19.9. The summed E-state index contributed by atoms with van der Waals surface area (Å²) in [4.78, 5) is 10.0. The van der Waals surface area contributed by atoms with E-state index in [-0.39, 0.29) is 18.0 Å². The van der Waals surface area contributed by atoms with E-state index in [1.807, 2.05) is 0 Å². The summed E-state index contributed by atoms with van der Waals surface area (Å²) in [5.74, 6) is -0.493. The van der Waals surface area contributed by atoms with E-state index >= 15 is 0 Å². The van der Waals surface area contributed by atoms with Crippen LogP contribution in [0, 0.1) is 15.9 Å². The molecule has 2 rings (SSSR count). The molecule has 1 atom stereocenters. The van der Waals surface area contributed by atoms with Gasteiger partial charge in [0.2, 0.25) is 0 Å². The van der Waals surface area contributed by atoms with Crippen LogP contribution in [0.25, 0.3) is 0 Å². The molecule has 0 aromatic heterocycles. The maximum absolute atomic E-state index is 13.8. The first-order chi connectivity index (χ1) is 9.97. The summed E-state index contributed by atoms with van der Waals surface area (Å²) in [6, 6.07) is 10.1. The summed E-state index contributed by atoms with van der Waals surface area (Å²) in [6.07, 6.45) is -0.747. The number of non-ortho nitro benzene ring substituents is 1. The zero-order chi connectivity index (χ0) is 15.4. The van der Waals surface area contributed by atoms with Crippen LogP contribution in [-0.4, -0.2) is 10.0 Å². The highest BCUT2D eigenvalue weighted by Gasteiger charge is 2.09. The monoisotopic (exact) mass is 291 g/mol. The second-order valence-corrected chi connectivity index (χ2v) is 4.58. The van der Waals surface area contributed by atoms with E-state index in [0.29, 0.717) is 11.1 Å². The molecule has 2 aromatic carbocycles. The molecule has 5 nitrogen and oxygen atoms in total. The van der Waals surface area contributed by atoms with E-state index in [2.05, 4.69) is 0 Å². The third-order valence-corrected chi connectivity index (χ3v) is 2.98. The first-order valence-electron chi connectivity index (χ1n) is 6.31. The number of rotatable bonds is 5. The summed E-state index contributed by atoms with van der Waals surface area (Å²) < 4.78 is 19.1. The topological polar surface area (TPSA) is 72.6 Å². The lowest BCUT2D eigenvalue weighted by Gasteiger charge is -2.10. The van der Waals surface area contributed by atoms with E-state index < -0.39 is 16.8 Å². The Kier molecular flexibility index (Phi) is 4.49. The van der Waals surface area contributed by atoms with Gasteiger partial charge in [-0.05, 0) is 42.3 Å². The van der Waals surface area contributed by atoms with Crippen LogP contribution in [0.2, 0.25) is 0 Å². The lowest BCUT2D eigenvalue weighted by Crippen LogP contribution is -1.99. The number of nitro groups is 1. The fourth-order valence-corrected chi connectivity index (χ4v) is 1.77. The van der Waals surface area contributed by atoms with E-state index in [4.69, 9.17) is 4.74 Å². The molecule has 110 valence electrons. The molecule has 0 amide bonds. The number of nitrogens with zero attached hydrogens (tertiary/aromatic N) is 1. The zero-order valence-electron chi connectivity index (χ0n) is 11.3. The Morgan fingerprint density at radius 3 is 2.48 bits per heavy atom. The molecule has 0 heterocycles. The highest BCUT2D eigenvalue weighted by Crippen LogP contribution is 2.23. The van der Waals surface area contributed by atoms with Crippen molar-refractivity contribution in [1.29, 1.82) is 0 Å². The molecule has 6 heteroatoms. The van der Waals surface area contributed by atoms with Crippen molar-refractivity contribution in [1.82, 2.24) is 0 Å². The van der Waals surface area contributed by atoms with E-state index in [9.17, 15) is 19.6 Å². The summed E-state index contributed by atoms with van der Waals surface area (Å²) in [6.45, 7) is 1.65. The lowest BCUT2D eigenvalue weighted by atomic mass is 10.1. The summed E-state index contributed by atoms with van der Waals surface area (Å²) in [7, 11) is 0. The predicted octanol–water partition coefficient (Wildman–Crippen LogP) is 3.37. The molecular weight excluding hydrogens is 277 g/mol. The van der Waals surface area contributed by atoms with Crippen LogP contribution in [0.1, 0.15) is 24.2 Å². The molecule has 0 radical (unpaired) electrons. The van der Waals surface area contributed by atoms with Crippen LogP contribution in [0.15, 0.2) is 42.5 Å².